The predicted molar refractivity (Wildman–Crippen MR) is 153 cm³/mol. The number of ether oxygens (including phenoxy) is 1. The number of hydrogen-bond donors (Lipinski definition) is 2. The minimum Gasteiger partial charge on any atom is -0.495 e. The predicted octanol–water partition coefficient (Wildman–Crippen LogP) is 6.01. The van der Waals surface area contributed by atoms with Gasteiger partial charge in [0.1, 0.15) is 5.75 Å². The number of nitrogens with one attached hydrogen (secondary N) is 2. The van der Waals surface area contributed by atoms with Crippen molar-refractivity contribution in [3.8, 4) is 17.1 Å². The molecule has 0 fully saturated rings. The number of thioether (sulfide) groups is 1. The summed E-state index contributed by atoms with van der Waals surface area (Å²) in [6, 6.07) is 22.0. The molecule has 0 saturated heterocycles. The molecule has 0 radical (unpaired) electrons. The van der Waals surface area contributed by atoms with Gasteiger partial charge in [-0.3, -0.25) is 9.59 Å². The van der Waals surface area contributed by atoms with Gasteiger partial charge in [0.15, 0.2) is 11.0 Å². The number of methoxy groups -OCH3 is 1. The van der Waals surface area contributed by atoms with Crippen LogP contribution in [0.4, 0.5) is 11.4 Å². The molecule has 3 aromatic carbocycles. The summed E-state index contributed by atoms with van der Waals surface area (Å²) in [5.74, 6) is 0.900. The van der Waals surface area contributed by atoms with E-state index in [1.165, 1.54) is 24.9 Å². The smallest absolute Gasteiger partial charge is 0.248 e. The SMILES string of the molecule is CCn1c(SCC(=O)Nc2cc(Cl)ccc2OC)nnc1-c1ccc(NC(=O)C=Cc2ccccc2)cc1. The second-order valence-electron chi connectivity index (χ2n) is 8.04. The normalized spacial score (nSPS) is 10.9. The highest BCUT2D eigenvalue weighted by molar-refractivity contribution is 7.99. The van der Waals surface area contributed by atoms with E-state index in [2.05, 4.69) is 20.8 Å². The van der Waals surface area contributed by atoms with Gasteiger partial charge in [-0.2, -0.15) is 0 Å². The maximum atomic E-state index is 12.6. The van der Waals surface area contributed by atoms with Crippen molar-refractivity contribution in [3.05, 3.63) is 89.5 Å². The Bertz CT molecular complexity index is 1440. The highest BCUT2D eigenvalue weighted by atomic mass is 35.5. The molecule has 0 aliphatic heterocycles. The first kappa shape index (κ1) is 27.0. The zero-order chi connectivity index (χ0) is 26.9. The maximum absolute atomic E-state index is 12.6. The van der Waals surface area contributed by atoms with Crippen molar-refractivity contribution in [1.82, 2.24) is 14.8 Å². The molecule has 0 unspecified atom stereocenters. The number of nitrogens with zero attached hydrogens (tertiary/aromatic N) is 3. The fourth-order valence-corrected chi connectivity index (χ4v) is 4.59. The summed E-state index contributed by atoms with van der Waals surface area (Å²) in [5, 5.41) is 15.4. The van der Waals surface area contributed by atoms with Gasteiger partial charge >= 0.3 is 0 Å². The van der Waals surface area contributed by atoms with Crippen molar-refractivity contribution in [2.75, 3.05) is 23.5 Å². The number of benzene rings is 3. The second kappa shape index (κ2) is 12.9. The number of amides is 2. The summed E-state index contributed by atoms with van der Waals surface area (Å²) in [7, 11) is 1.53. The molecule has 38 heavy (non-hydrogen) atoms. The van der Waals surface area contributed by atoms with Gasteiger partial charge < -0.3 is 19.9 Å². The molecule has 1 heterocycles. The number of hydrogen-bond acceptors (Lipinski definition) is 6. The van der Waals surface area contributed by atoms with Crippen molar-refractivity contribution < 1.29 is 14.3 Å². The average molecular weight is 548 g/mol. The quantitative estimate of drug-likeness (QED) is 0.186. The van der Waals surface area contributed by atoms with Crippen LogP contribution in [0.5, 0.6) is 5.75 Å². The first-order chi connectivity index (χ1) is 18.5. The molecule has 2 amide bonds. The van der Waals surface area contributed by atoms with Crippen LogP contribution in [0.1, 0.15) is 12.5 Å². The van der Waals surface area contributed by atoms with Crippen LogP contribution in [0.25, 0.3) is 17.5 Å². The van der Waals surface area contributed by atoms with Gasteiger partial charge in [0.25, 0.3) is 0 Å². The van der Waals surface area contributed by atoms with E-state index in [-0.39, 0.29) is 17.6 Å². The Labute approximate surface area is 230 Å². The second-order valence-corrected chi connectivity index (χ2v) is 9.42. The van der Waals surface area contributed by atoms with Gasteiger partial charge in [0.2, 0.25) is 11.8 Å². The third kappa shape index (κ3) is 7.02. The van der Waals surface area contributed by atoms with Crippen LogP contribution < -0.4 is 15.4 Å². The molecular weight excluding hydrogens is 522 g/mol. The van der Waals surface area contributed by atoms with Crippen LogP contribution in [0.3, 0.4) is 0 Å². The average Bonchev–Trinajstić information content (AvgIpc) is 3.35. The number of rotatable bonds is 10. The Morgan fingerprint density at radius 1 is 1.03 bits per heavy atom. The Hall–Kier alpha value is -4.08. The number of carbonyl (C=O) groups is 2. The van der Waals surface area contributed by atoms with Crippen LogP contribution >= 0.6 is 23.4 Å². The fraction of sp³-hybridized carbons (Fsp3) is 0.143. The molecule has 4 rings (SSSR count). The molecular formula is C28H26ClN5O3S. The van der Waals surface area contributed by atoms with Crippen molar-refractivity contribution in [2.24, 2.45) is 0 Å². The van der Waals surface area contributed by atoms with Crippen molar-refractivity contribution in [2.45, 2.75) is 18.6 Å². The lowest BCUT2D eigenvalue weighted by Crippen LogP contribution is -2.15. The first-order valence-corrected chi connectivity index (χ1v) is 13.2. The molecule has 0 bridgehead atoms. The molecule has 0 aliphatic rings. The van der Waals surface area contributed by atoms with Crippen LogP contribution in [0.2, 0.25) is 5.02 Å². The molecule has 0 saturated carbocycles. The van der Waals surface area contributed by atoms with E-state index in [4.69, 9.17) is 16.3 Å². The molecule has 8 nitrogen and oxygen atoms in total. The Morgan fingerprint density at radius 3 is 2.50 bits per heavy atom. The Kier molecular flexibility index (Phi) is 9.18. The Balaban J connectivity index is 1.37. The van der Waals surface area contributed by atoms with E-state index >= 15 is 0 Å². The minimum atomic E-state index is -0.218. The summed E-state index contributed by atoms with van der Waals surface area (Å²) >= 11 is 7.33. The fourth-order valence-electron chi connectivity index (χ4n) is 3.61. The summed E-state index contributed by atoms with van der Waals surface area (Å²) in [6.07, 6.45) is 3.26. The number of aromatic nitrogens is 3. The molecule has 4 aromatic rings. The molecule has 194 valence electrons. The third-order valence-corrected chi connectivity index (χ3v) is 6.64. The van der Waals surface area contributed by atoms with Gasteiger partial charge in [-0.25, -0.2) is 0 Å². The van der Waals surface area contributed by atoms with Gasteiger partial charge in [0, 0.05) is 28.9 Å². The van der Waals surface area contributed by atoms with E-state index < -0.39 is 0 Å². The molecule has 0 atom stereocenters. The minimum absolute atomic E-state index is 0.134. The summed E-state index contributed by atoms with van der Waals surface area (Å²) in [4.78, 5) is 24.8. The first-order valence-electron chi connectivity index (χ1n) is 11.8. The summed E-state index contributed by atoms with van der Waals surface area (Å²) in [6.45, 7) is 2.61. The van der Waals surface area contributed by atoms with Gasteiger partial charge in [0.05, 0.1) is 18.6 Å². The van der Waals surface area contributed by atoms with E-state index in [1.54, 1.807) is 24.3 Å². The lowest BCUT2D eigenvalue weighted by molar-refractivity contribution is -0.114. The lowest BCUT2D eigenvalue weighted by atomic mass is 10.2. The largest absolute Gasteiger partial charge is 0.495 e. The van der Waals surface area contributed by atoms with E-state index in [0.29, 0.717) is 39.7 Å². The van der Waals surface area contributed by atoms with Gasteiger partial charge in [-0.05, 0) is 61.0 Å². The van der Waals surface area contributed by atoms with E-state index in [0.717, 1.165) is 11.1 Å². The van der Waals surface area contributed by atoms with Crippen LogP contribution in [0, 0.1) is 0 Å². The highest BCUT2D eigenvalue weighted by Gasteiger charge is 2.16. The molecule has 0 aliphatic carbocycles. The summed E-state index contributed by atoms with van der Waals surface area (Å²) < 4.78 is 7.22. The van der Waals surface area contributed by atoms with Crippen LogP contribution in [-0.4, -0.2) is 39.4 Å². The maximum Gasteiger partial charge on any atom is 0.248 e. The molecule has 10 heteroatoms. The molecule has 2 N–H and O–H groups in total. The number of halogens is 1. The molecule has 0 spiro atoms. The zero-order valence-electron chi connectivity index (χ0n) is 20.8. The van der Waals surface area contributed by atoms with Crippen LogP contribution in [-0.2, 0) is 16.1 Å². The van der Waals surface area contributed by atoms with Gasteiger partial charge in [-0.15, -0.1) is 10.2 Å². The van der Waals surface area contributed by atoms with Crippen molar-refractivity contribution >= 4 is 52.6 Å². The zero-order valence-corrected chi connectivity index (χ0v) is 22.4. The number of anilines is 2. The third-order valence-electron chi connectivity index (χ3n) is 5.44. The monoisotopic (exact) mass is 547 g/mol. The lowest BCUT2D eigenvalue weighted by Gasteiger charge is -2.11. The highest BCUT2D eigenvalue weighted by Crippen LogP contribution is 2.29. The van der Waals surface area contributed by atoms with Crippen molar-refractivity contribution in [1.29, 1.82) is 0 Å². The van der Waals surface area contributed by atoms with Gasteiger partial charge in [-0.1, -0.05) is 53.7 Å². The topological polar surface area (TPSA) is 98.1 Å². The standard InChI is InChI=1S/C28H26ClN5O3S/c1-3-34-27(20-10-13-22(14-11-20)30-25(35)16-9-19-7-5-4-6-8-19)32-33-28(34)38-18-26(36)31-23-17-21(29)12-15-24(23)37-2/h4-17H,3,18H2,1-2H3,(H,30,35)(H,31,36). The van der Waals surface area contributed by atoms with E-state index in [1.807, 2.05) is 66.1 Å². The number of carbonyl (C=O) groups excluding carboxylic acids is 2. The Morgan fingerprint density at radius 2 is 1.79 bits per heavy atom. The van der Waals surface area contributed by atoms with E-state index in [9.17, 15) is 9.59 Å². The molecule has 1 aromatic heterocycles. The van der Waals surface area contributed by atoms with Crippen LogP contribution in [0.15, 0.2) is 84.0 Å². The summed E-state index contributed by atoms with van der Waals surface area (Å²) in [5.41, 5.74) is 2.97. The van der Waals surface area contributed by atoms with Crippen molar-refractivity contribution in [3.63, 3.8) is 0 Å².